The Balaban J connectivity index is 1.40. The summed E-state index contributed by atoms with van der Waals surface area (Å²) in [4.78, 5) is 25.3. The summed E-state index contributed by atoms with van der Waals surface area (Å²) in [6.07, 6.45) is 0. The summed E-state index contributed by atoms with van der Waals surface area (Å²) in [5.41, 5.74) is 1.06. The van der Waals surface area contributed by atoms with Gasteiger partial charge in [0.25, 0.3) is 11.8 Å². The Bertz CT molecular complexity index is 1220. The van der Waals surface area contributed by atoms with Gasteiger partial charge in [-0.1, -0.05) is 42.5 Å². The van der Waals surface area contributed by atoms with E-state index in [9.17, 15) is 9.59 Å². The number of fused-ring (bicyclic) bond motifs is 1. The Kier molecular flexibility index (Phi) is 6.14. The van der Waals surface area contributed by atoms with Gasteiger partial charge in [0, 0.05) is 17.1 Å². The van der Waals surface area contributed by atoms with Crippen LogP contribution in [-0.4, -0.2) is 25.5 Å². The highest BCUT2D eigenvalue weighted by atomic mass is 32.1. The Hall–Kier alpha value is -3.84. The highest BCUT2D eigenvalue weighted by molar-refractivity contribution is 7.12. The number of amides is 2. The van der Waals surface area contributed by atoms with E-state index in [0.717, 1.165) is 10.8 Å². The van der Waals surface area contributed by atoms with Crippen LogP contribution in [0.1, 0.15) is 9.67 Å². The quantitative estimate of drug-likeness (QED) is 0.422. The molecule has 4 aromatic rings. The van der Waals surface area contributed by atoms with Gasteiger partial charge in [0.1, 0.15) is 11.5 Å². The van der Waals surface area contributed by atoms with E-state index in [4.69, 9.17) is 9.47 Å². The molecule has 1 aromatic heterocycles. The van der Waals surface area contributed by atoms with Gasteiger partial charge in [-0.25, -0.2) is 0 Å². The number of hydrogen-bond donors (Lipinski definition) is 2. The van der Waals surface area contributed by atoms with Crippen LogP contribution in [0, 0.1) is 0 Å². The second-order valence-electron chi connectivity index (χ2n) is 6.66. The monoisotopic (exact) mass is 432 g/mol. The van der Waals surface area contributed by atoms with Crippen LogP contribution >= 0.6 is 11.3 Å². The zero-order valence-corrected chi connectivity index (χ0v) is 17.6. The molecule has 7 heteroatoms. The lowest BCUT2D eigenvalue weighted by Gasteiger charge is -2.13. The zero-order valence-electron chi connectivity index (χ0n) is 16.8. The zero-order chi connectivity index (χ0) is 21.6. The van der Waals surface area contributed by atoms with Crippen LogP contribution in [0.3, 0.4) is 0 Å². The lowest BCUT2D eigenvalue weighted by molar-refractivity contribution is -0.118. The summed E-state index contributed by atoms with van der Waals surface area (Å²) in [6, 6.07) is 22.2. The molecule has 0 fully saturated rings. The van der Waals surface area contributed by atoms with E-state index >= 15 is 0 Å². The second-order valence-corrected chi connectivity index (χ2v) is 7.61. The molecule has 3 aromatic carbocycles. The predicted octanol–water partition coefficient (Wildman–Crippen LogP) is 5.18. The summed E-state index contributed by atoms with van der Waals surface area (Å²) in [7, 11) is 1.51. The van der Waals surface area contributed by atoms with Gasteiger partial charge in [-0.3, -0.25) is 9.59 Å². The largest absolute Gasteiger partial charge is 0.494 e. The van der Waals surface area contributed by atoms with Crippen LogP contribution in [0.25, 0.3) is 10.8 Å². The first-order valence-electron chi connectivity index (χ1n) is 9.57. The number of carbonyl (C=O) groups is 2. The molecule has 0 aliphatic heterocycles. The average molecular weight is 433 g/mol. The van der Waals surface area contributed by atoms with Crippen molar-refractivity contribution in [3.8, 4) is 11.5 Å². The Morgan fingerprint density at radius 2 is 1.74 bits per heavy atom. The number of nitrogens with one attached hydrogen (secondary N) is 2. The smallest absolute Gasteiger partial charge is 0.265 e. The lowest BCUT2D eigenvalue weighted by Crippen LogP contribution is -2.20. The third-order valence-corrected chi connectivity index (χ3v) is 5.46. The molecule has 0 aliphatic carbocycles. The fourth-order valence-electron chi connectivity index (χ4n) is 3.13. The van der Waals surface area contributed by atoms with Crippen molar-refractivity contribution in [2.45, 2.75) is 0 Å². The van der Waals surface area contributed by atoms with Gasteiger partial charge in [0.15, 0.2) is 6.61 Å². The van der Waals surface area contributed by atoms with Crippen LogP contribution in [0.5, 0.6) is 11.5 Å². The van der Waals surface area contributed by atoms with Crippen LogP contribution in [-0.2, 0) is 4.79 Å². The first kappa shape index (κ1) is 20.4. The molecule has 0 saturated carbocycles. The molecule has 31 heavy (non-hydrogen) atoms. The van der Waals surface area contributed by atoms with E-state index in [-0.39, 0.29) is 18.4 Å². The molecule has 0 atom stereocenters. The SMILES string of the molecule is COc1cc(NC(=O)COc2cccc3ccccc23)ccc1NC(=O)c1cccs1. The minimum absolute atomic E-state index is 0.132. The van der Waals surface area contributed by atoms with Crippen LogP contribution in [0.4, 0.5) is 11.4 Å². The number of hydrogen-bond acceptors (Lipinski definition) is 5. The second kappa shape index (κ2) is 9.32. The summed E-state index contributed by atoms with van der Waals surface area (Å²) in [6.45, 7) is -0.132. The van der Waals surface area contributed by atoms with Crippen molar-refractivity contribution in [3.63, 3.8) is 0 Å². The van der Waals surface area contributed by atoms with Gasteiger partial charge < -0.3 is 20.1 Å². The van der Waals surface area contributed by atoms with Crippen LogP contribution in [0.2, 0.25) is 0 Å². The van der Waals surface area contributed by atoms with E-state index < -0.39 is 0 Å². The maximum absolute atomic E-state index is 12.4. The molecule has 156 valence electrons. The van der Waals surface area contributed by atoms with E-state index in [1.54, 1.807) is 24.3 Å². The predicted molar refractivity (Wildman–Crippen MR) is 123 cm³/mol. The third-order valence-electron chi connectivity index (χ3n) is 4.59. The first-order chi connectivity index (χ1) is 15.1. The molecular formula is C24H20N2O4S. The van der Waals surface area contributed by atoms with Crippen molar-refractivity contribution in [1.29, 1.82) is 0 Å². The van der Waals surface area contributed by atoms with Gasteiger partial charge >= 0.3 is 0 Å². The summed E-state index contributed by atoms with van der Waals surface area (Å²) >= 11 is 1.36. The molecule has 0 unspecified atom stereocenters. The number of rotatable bonds is 7. The minimum atomic E-state index is -0.301. The standard InChI is InChI=1S/C24H20N2O4S/c1-29-21-14-17(11-12-19(21)26-24(28)22-10-5-13-31-22)25-23(27)15-30-20-9-4-7-16-6-2-3-8-18(16)20/h2-14H,15H2,1H3,(H,25,27)(H,26,28). The number of carbonyl (C=O) groups excluding carboxylic acids is 2. The van der Waals surface area contributed by atoms with E-state index in [0.29, 0.717) is 27.8 Å². The molecule has 0 radical (unpaired) electrons. The lowest BCUT2D eigenvalue weighted by atomic mass is 10.1. The van der Waals surface area contributed by atoms with E-state index in [2.05, 4.69) is 10.6 Å². The maximum Gasteiger partial charge on any atom is 0.265 e. The van der Waals surface area contributed by atoms with E-state index in [1.165, 1.54) is 18.4 Å². The highest BCUT2D eigenvalue weighted by Crippen LogP contribution is 2.29. The molecule has 0 spiro atoms. The van der Waals surface area contributed by atoms with Crippen LogP contribution < -0.4 is 20.1 Å². The van der Waals surface area contributed by atoms with E-state index in [1.807, 2.05) is 53.9 Å². The average Bonchev–Trinajstić information content (AvgIpc) is 3.34. The van der Waals surface area contributed by atoms with Crippen molar-refractivity contribution in [2.75, 3.05) is 24.4 Å². The molecule has 0 saturated heterocycles. The fourth-order valence-corrected chi connectivity index (χ4v) is 3.74. The molecule has 0 bridgehead atoms. The van der Waals surface area contributed by atoms with Crippen molar-refractivity contribution >= 4 is 45.3 Å². The number of benzene rings is 3. The van der Waals surface area contributed by atoms with Crippen molar-refractivity contribution in [3.05, 3.63) is 83.1 Å². The number of ether oxygens (including phenoxy) is 2. The summed E-state index contributed by atoms with van der Waals surface area (Å²) in [5, 5.41) is 9.44. The summed E-state index contributed by atoms with van der Waals surface area (Å²) < 4.78 is 11.1. The molecule has 4 rings (SSSR count). The van der Waals surface area contributed by atoms with Crippen molar-refractivity contribution in [1.82, 2.24) is 0 Å². The topological polar surface area (TPSA) is 76.7 Å². The normalized spacial score (nSPS) is 10.5. The fraction of sp³-hybridized carbons (Fsp3) is 0.0833. The highest BCUT2D eigenvalue weighted by Gasteiger charge is 2.13. The molecular weight excluding hydrogens is 412 g/mol. The molecule has 0 aliphatic rings. The molecule has 1 heterocycles. The Labute approximate surface area is 183 Å². The molecule has 2 N–H and O–H groups in total. The van der Waals surface area contributed by atoms with Gasteiger partial charge in [0.2, 0.25) is 0 Å². The van der Waals surface area contributed by atoms with Crippen LogP contribution in [0.15, 0.2) is 78.2 Å². The molecule has 2 amide bonds. The maximum atomic E-state index is 12.4. The summed E-state index contributed by atoms with van der Waals surface area (Å²) in [5.74, 6) is 0.578. The van der Waals surface area contributed by atoms with Gasteiger partial charge in [-0.15, -0.1) is 11.3 Å². The number of anilines is 2. The number of thiophene rings is 1. The van der Waals surface area contributed by atoms with Gasteiger partial charge in [-0.2, -0.15) is 0 Å². The van der Waals surface area contributed by atoms with Crippen molar-refractivity contribution in [2.24, 2.45) is 0 Å². The Morgan fingerprint density at radius 3 is 2.55 bits per heavy atom. The molecule has 6 nitrogen and oxygen atoms in total. The van der Waals surface area contributed by atoms with Crippen molar-refractivity contribution < 1.29 is 19.1 Å². The number of methoxy groups -OCH3 is 1. The Morgan fingerprint density at radius 1 is 0.903 bits per heavy atom. The first-order valence-corrected chi connectivity index (χ1v) is 10.5. The van der Waals surface area contributed by atoms with Gasteiger partial charge in [-0.05, 0) is 35.0 Å². The van der Waals surface area contributed by atoms with Gasteiger partial charge in [0.05, 0.1) is 17.7 Å². The third kappa shape index (κ3) is 4.84. The minimum Gasteiger partial charge on any atom is -0.494 e.